The highest BCUT2D eigenvalue weighted by molar-refractivity contribution is 7.11. The van der Waals surface area contributed by atoms with Crippen LogP contribution in [0.2, 0.25) is 0 Å². The lowest BCUT2D eigenvalue weighted by Gasteiger charge is -2.29. The van der Waals surface area contributed by atoms with Gasteiger partial charge in [-0.3, -0.25) is 5.01 Å². The van der Waals surface area contributed by atoms with Crippen LogP contribution in [0.25, 0.3) is 5.57 Å². The van der Waals surface area contributed by atoms with E-state index in [2.05, 4.69) is 59.4 Å². The van der Waals surface area contributed by atoms with E-state index in [0.717, 1.165) is 32.6 Å². The monoisotopic (exact) mass is 315 g/mol. The number of nitrogens with zero attached hydrogens (tertiary/aromatic N) is 3. The van der Waals surface area contributed by atoms with Gasteiger partial charge in [0.25, 0.3) is 0 Å². The number of hydrogen-bond acceptors (Lipinski definition) is 4. The molecule has 0 N–H and O–H groups in total. The van der Waals surface area contributed by atoms with Crippen LogP contribution in [0.5, 0.6) is 0 Å². The van der Waals surface area contributed by atoms with Crippen LogP contribution in [0.3, 0.4) is 0 Å². The molecule has 118 valence electrons. The highest BCUT2D eigenvalue weighted by Gasteiger charge is 2.29. The second kappa shape index (κ2) is 6.80. The fourth-order valence-electron chi connectivity index (χ4n) is 3.11. The van der Waals surface area contributed by atoms with E-state index in [0.29, 0.717) is 6.04 Å². The van der Waals surface area contributed by atoms with E-state index < -0.39 is 0 Å². The Morgan fingerprint density at radius 1 is 1.32 bits per heavy atom. The second-order valence-electron chi connectivity index (χ2n) is 6.00. The van der Waals surface area contributed by atoms with E-state index in [1.54, 1.807) is 0 Å². The Labute approximate surface area is 137 Å². The Morgan fingerprint density at radius 2 is 2.14 bits per heavy atom. The number of thiophene rings is 1. The third-order valence-corrected chi connectivity index (χ3v) is 5.70. The summed E-state index contributed by atoms with van der Waals surface area (Å²) >= 11 is 1.85. The Bertz CT molecular complexity index is 608. The number of rotatable bonds is 6. The lowest BCUT2D eigenvalue weighted by molar-refractivity contribution is 0.201. The lowest BCUT2D eigenvalue weighted by atomic mass is 9.93. The summed E-state index contributed by atoms with van der Waals surface area (Å²) in [5.41, 5.74) is 4.17. The fraction of sp³-hybridized carbons (Fsp3) is 0.500. The SMILES string of the molecule is CCN(CC)CCN1N=CC2=CC=C(c3cc(C)cs3)CC21. The summed E-state index contributed by atoms with van der Waals surface area (Å²) in [4.78, 5) is 3.86. The number of allylic oxidation sites excluding steroid dienone is 2. The van der Waals surface area contributed by atoms with E-state index >= 15 is 0 Å². The molecule has 0 spiro atoms. The minimum Gasteiger partial charge on any atom is -0.302 e. The predicted octanol–water partition coefficient (Wildman–Crippen LogP) is 3.78. The fourth-order valence-corrected chi connectivity index (χ4v) is 4.05. The van der Waals surface area contributed by atoms with Crippen LogP contribution in [0.4, 0.5) is 0 Å². The number of hydrazone groups is 1. The van der Waals surface area contributed by atoms with Gasteiger partial charge in [-0.1, -0.05) is 26.0 Å². The molecule has 3 nitrogen and oxygen atoms in total. The van der Waals surface area contributed by atoms with Crippen molar-refractivity contribution in [2.45, 2.75) is 33.2 Å². The van der Waals surface area contributed by atoms with Gasteiger partial charge in [0.2, 0.25) is 0 Å². The summed E-state index contributed by atoms with van der Waals surface area (Å²) in [6.07, 6.45) is 7.64. The number of fused-ring (bicyclic) bond motifs is 1. The Morgan fingerprint density at radius 3 is 2.82 bits per heavy atom. The van der Waals surface area contributed by atoms with Gasteiger partial charge in [0, 0.05) is 24.4 Å². The van der Waals surface area contributed by atoms with Gasteiger partial charge in [-0.25, -0.2) is 0 Å². The van der Waals surface area contributed by atoms with Crippen LogP contribution in [0.1, 0.15) is 30.7 Å². The number of aryl methyl sites for hydroxylation is 1. The van der Waals surface area contributed by atoms with Crippen LogP contribution < -0.4 is 0 Å². The number of likely N-dealkylation sites (N-methyl/N-ethyl adjacent to an activating group) is 1. The van der Waals surface area contributed by atoms with Crippen molar-refractivity contribution in [3.8, 4) is 0 Å². The van der Waals surface area contributed by atoms with Gasteiger partial charge in [-0.05, 0) is 48.2 Å². The zero-order valence-corrected chi connectivity index (χ0v) is 14.6. The summed E-state index contributed by atoms with van der Waals surface area (Å²) < 4.78 is 0. The summed E-state index contributed by atoms with van der Waals surface area (Å²) in [5, 5.41) is 9.15. The third-order valence-electron chi connectivity index (χ3n) is 4.58. The van der Waals surface area contributed by atoms with Crippen molar-refractivity contribution in [3.63, 3.8) is 0 Å². The maximum atomic E-state index is 4.64. The summed E-state index contributed by atoms with van der Waals surface area (Å²) in [7, 11) is 0. The molecule has 22 heavy (non-hydrogen) atoms. The van der Waals surface area contributed by atoms with Gasteiger partial charge >= 0.3 is 0 Å². The molecule has 0 saturated heterocycles. The molecule has 1 aliphatic heterocycles. The topological polar surface area (TPSA) is 18.8 Å². The van der Waals surface area contributed by atoms with Gasteiger partial charge in [0.15, 0.2) is 0 Å². The predicted molar refractivity (Wildman–Crippen MR) is 96.5 cm³/mol. The molecule has 0 bridgehead atoms. The first-order valence-electron chi connectivity index (χ1n) is 8.20. The maximum absolute atomic E-state index is 4.64. The molecular weight excluding hydrogens is 290 g/mol. The highest BCUT2D eigenvalue weighted by atomic mass is 32.1. The average Bonchev–Trinajstić information content (AvgIpc) is 3.14. The van der Waals surface area contributed by atoms with Crippen molar-refractivity contribution in [1.82, 2.24) is 9.91 Å². The minimum absolute atomic E-state index is 0.429. The molecule has 0 saturated carbocycles. The van der Waals surface area contributed by atoms with E-state index in [-0.39, 0.29) is 0 Å². The van der Waals surface area contributed by atoms with Crippen LogP contribution in [-0.2, 0) is 0 Å². The maximum Gasteiger partial charge on any atom is 0.0776 e. The van der Waals surface area contributed by atoms with Crippen molar-refractivity contribution in [3.05, 3.63) is 39.6 Å². The van der Waals surface area contributed by atoms with Gasteiger partial charge < -0.3 is 4.90 Å². The molecule has 2 heterocycles. The molecule has 1 unspecified atom stereocenters. The standard InChI is InChI=1S/C18H25N3S/c1-4-20(5-2)8-9-21-17-11-15(6-7-16(17)12-19-21)18-10-14(3)13-22-18/h6-7,10,12-13,17H,4-5,8-9,11H2,1-3H3. The molecule has 1 aromatic heterocycles. The largest absolute Gasteiger partial charge is 0.302 e. The quantitative estimate of drug-likeness (QED) is 0.795. The van der Waals surface area contributed by atoms with E-state index in [9.17, 15) is 0 Å². The van der Waals surface area contributed by atoms with E-state index in [1.165, 1.54) is 21.6 Å². The van der Waals surface area contributed by atoms with Crippen LogP contribution in [0, 0.1) is 6.92 Å². The van der Waals surface area contributed by atoms with Crippen LogP contribution in [0.15, 0.2) is 34.3 Å². The lowest BCUT2D eigenvalue weighted by Crippen LogP contribution is -2.37. The molecule has 1 aromatic rings. The van der Waals surface area contributed by atoms with Gasteiger partial charge in [0.1, 0.15) is 0 Å². The summed E-state index contributed by atoms with van der Waals surface area (Å²) in [5.74, 6) is 0. The molecule has 0 fully saturated rings. The molecule has 0 radical (unpaired) electrons. The first-order valence-corrected chi connectivity index (χ1v) is 9.08. The normalized spacial score (nSPS) is 20.4. The van der Waals surface area contributed by atoms with Crippen molar-refractivity contribution in [2.75, 3.05) is 26.2 Å². The van der Waals surface area contributed by atoms with Crippen molar-refractivity contribution in [2.24, 2.45) is 5.10 Å². The molecule has 1 atom stereocenters. The van der Waals surface area contributed by atoms with Gasteiger partial charge in [-0.2, -0.15) is 5.10 Å². The van der Waals surface area contributed by atoms with Gasteiger partial charge in [0.05, 0.1) is 12.3 Å². The molecule has 0 amide bonds. The third kappa shape index (κ3) is 3.18. The Kier molecular flexibility index (Phi) is 4.79. The van der Waals surface area contributed by atoms with Crippen molar-refractivity contribution in [1.29, 1.82) is 0 Å². The van der Waals surface area contributed by atoms with Crippen LogP contribution in [-0.4, -0.2) is 48.3 Å². The zero-order chi connectivity index (χ0) is 15.5. The molecule has 2 aliphatic rings. The summed E-state index contributed by atoms with van der Waals surface area (Å²) in [6.45, 7) is 10.9. The van der Waals surface area contributed by atoms with Crippen molar-refractivity contribution < 1.29 is 0 Å². The van der Waals surface area contributed by atoms with E-state index in [4.69, 9.17) is 0 Å². The number of hydrogen-bond donors (Lipinski definition) is 0. The molecule has 3 rings (SSSR count). The minimum atomic E-state index is 0.429. The Balaban J connectivity index is 1.67. The second-order valence-corrected chi connectivity index (χ2v) is 6.91. The van der Waals surface area contributed by atoms with E-state index in [1.807, 2.05) is 17.6 Å². The first-order chi connectivity index (χ1) is 10.7. The summed E-state index contributed by atoms with van der Waals surface area (Å²) in [6, 6.07) is 2.73. The zero-order valence-electron chi connectivity index (χ0n) is 13.7. The molecule has 4 heteroatoms. The van der Waals surface area contributed by atoms with Crippen LogP contribution >= 0.6 is 11.3 Å². The molecule has 0 aromatic carbocycles. The molecule has 1 aliphatic carbocycles. The smallest absolute Gasteiger partial charge is 0.0776 e. The highest BCUT2D eigenvalue weighted by Crippen LogP contribution is 2.34. The first kappa shape index (κ1) is 15.5. The molecular formula is C18H25N3S. The van der Waals surface area contributed by atoms with Crippen molar-refractivity contribution >= 4 is 23.1 Å². The Hall–Kier alpha value is -1.39. The van der Waals surface area contributed by atoms with Gasteiger partial charge in [-0.15, -0.1) is 11.3 Å². The average molecular weight is 315 g/mol.